The Kier molecular flexibility index (Phi) is 8.89. The van der Waals surface area contributed by atoms with Gasteiger partial charge >= 0.3 is 5.97 Å². The summed E-state index contributed by atoms with van der Waals surface area (Å²) in [6, 6.07) is 0. The van der Waals surface area contributed by atoms with Gasteiger partial charge in [-0.2, -0.15) is 0 Å². The highest BCUT2D eigenvalue weighted by Crippen LogP contribution is 2.23. The molecule has 2 saturated heterocycles. The number of nitrogens with one attached hydrogen (secondary N) is 1. The number of sulfone groups is 1. The Morgan fingerprint density at radius 3 is 2.48 bits per heavy atom. The zero-order valence-corrected chi connectivity index (χ0v) is 18.2. The van der Waals surface area contributed by atoms with Gasteiger partial charge in [-0.3, -0.25) is 14.7 Å². The van der Waals surface area contributed by atoms with E-state index in [1.807, 2.05) is 6.92 Å². The second-order valence-corrected chi connectivity index (χ2v) is 8.78. The van der Waals surface area contributed by atoms with Crippen LogP contribution in [0.15, 0.2) is 4.99 Å². The van der Waals surface area contributed by atoms with Gasteiger partial charge in [-0.05, 0) is 5.92 Å². The number of rotatable bonds is 4. The van der Waals surface area contributed by atoms with Crippen molar-refractivity contribution >= 4 is 45.7 Å². The first-order valence-electron chi connectivity index (χ1n) is 8.32. The largest absolute Gasteiger partial charge is 0.469 e. The average Bonchev–Trinajstić information content (AvgIpc) is 2.94. The summed E-state index contributed by atoms with van der Waals surface area (Å²) >= 11 is 0. The third-order valence-electron chi connectivity index (χ3n) is 4.78. The molecule has 2 fully saturated rings. The predicted octanol–water partition coefficient (Wildman–Crippen LogP) is -0.349. The molecule has 0 spiro atoms. The van der Waals surface area contributed by atoms with Gasteiger partial charge < -0.3 is 15.0 Å². The van der Waals surface area contributed by atoms with E-state index in [4.69, 9.17) is 4.74 Å². The van der Waals surface area contributed by atoms with Crippen LogP contribution >= 0.6 is 24.0 Å². The van der Waals surface area contributed by atoms with E-state index in [-0.39, 0.29) is 53.3 Å². The molecular weight excluding hydrogens is 459 g/mol. The van der Waals surface area contributed by atoms with Gasteiger partial charge in [-0.15, -0.1) is 24.0 Å². The van der Waals surface area contributed by atoms with E-state index >= 15 is 0 Å². The van der Waals surface area contributed by atoms with E-state index < -0.39 is 9.84 Å². The summed E-state index contributed by atoms with van der Waals surface area (Å²) in [6.07, 6.45) is 0. The average molecular weight is 488 g/mol. The molecule has 146 valence electrons. The summed E-state index contributed by atoms with van der Waals surface area (Å²) in [5, 5.41) is 3.31. The lowest BCUT2D eigenvalue weighted by molar-refractivity contribution is -0.145. The van der Waals surface area contributed by atoms with Crippen LogP contribution in [-0.4, -0.2) is 95.1 Å². The Labute approximate surface area is 167 Å². The van der Waals surface area contributed by atoms with Crippen LogP contribution in [0.5, 0.6) is 0 Å². The minimum atomic E-state index is -2.84. The highest BCUT2D eigenvalue weighted by atomic mass is 127. The molecule has 0 aliphatic carbocycles. The van der Waals surface area contributed by atoms with Crippen molar-refractivity contribution in [2.24, 2.45) is 16.8 Å². The predicted molar refractivity (Wildman–Crippen MR) is 108 cm³/mol. The maximum Gasteiger partial charge on any atom is 0.310 e. The molecule has 8 nitrogen and oxygen atoms in total. The SMILES string of the molecule is CN=C(NCCN1CCS(=O)(=O)CC1)N1CC(C)C(C(=O)OC)C1.I. The number of aliphatic imine (C=N–C) groups is 1. The third-order valence-corrected chi connectivity index (χ3v) is 6.38. The van der Waals surface area contributed by atoms with Crippen LogP contribution in [0.1, 0.15) is 6.92 Å². The smallest absolute Gasteiger partial charge is 0.310 e. The first-order valence-corrected chi connectivity index (χ1v) is 10.1. The van der Waals surface area contributed by atoms with E-state index in [0.717, 1.165) is 19.0 Å². The number of ether oxygens (including phenoxy) is 1. The number of guanidine groups is 1. The van der Waals surface area contributed by atoms with Crippen molar-refractivity contribution in [2.75, 3.05) is 64.9 Å². The lowest BCUT2D eigenvalue weighted by Gasteiger charge is -2.27. The van der Waals surface area contributed by atoms with E-state index in [1.165, 1.54) is 7.11 Å². The van der Waals surface area contributed by atoms with Crippen LogP contribution in [0.4, 0.5) is 0 Å². The van der Waals surface area contributed by atoms with Crippen LogP contribution in [0.2, 0.25) is 0 Å². The Bertz CT molecular complexity index is 570. The lowest BCUT2D eigenvalue weighted by atomic mass is 9.99. The Morgan fingerprint density at radius 2 is 1.92 bits per heavy atom. The number of carbonyl (C=O) groups is 1. The molecule has 1 N–H and O–H groups in total. The molecule has 25 heavy (non-hydrogen) atoms. The first kappa shape index (κ1) is 22.4. The van der Waals surface area contributed by atoms with Gasteiger partial charge in [-0.25, -0.2) is 8.42 Å². The van der Waals surface area contributed by atoms with Crippen molar-refractivity contribution in [3.05, 3.63) is 0 Å². The Morgan fingerprint density at radius 1 is 1.28 bits per heavy atom. The van der Waals surface area contributed by atoms with E-state index in [1.54, 1.807) is 7.05 Å². The molecule has 2 aliphatic rings. The van der Waals surface area contributed by atoms with Crippen molar-refractivity contribution in [3.63, 3.8) is 0 Å². The maximum atomic E-state index is 11.8. The number of hydrogen-bond acceptors (Lipinski definition) is 6. The number of esters is 1. The van der Waals surface area contributed by atoms with Crippen LogP contribution in [0.3, 0.4) is 0 Å². The molecule has 0 aromatic rings. The molecule has 0 amide bonds. The van der Waals surface area contributed by atoms with Crippen molar-refractivity contribution in [2.45, 2.75) is 6.92 Å². The third kappa shape index (κ3) is 6.24. The highest BCUT2D eigenvalue weighted by Gasteiger charge is 2.36. The van der Waals surface area contributed by atoms with Crippen LogP contribution in [-0.2, 0) is 19.4 Å². The van der Waals surface area contributed by atoms with E-state index in [0.29, 0.717) is 26.2 Å². The zero-order valence-electron chi connectivity index (χ0n) is 15.1. The molecule has 2 heterocycles. The molecular formula is C15H29IN4O4S. The van der Waals surface area contributed by atoms with Gasteiger partial charge in [0.1, 0.15) is 0 Å². The minimum absolute atomic E-state index is 0. The van der Waals surface area contributed by atoms with Gasteiger partial charge in [0.25, 0.3) is 0 Å². The summed E-state index contributed by atoms with van der Waals surface area (Å²) in [5.74, 6) is 1.19. The van der Waals surface area contributed by atoms with E-state index in [9.17, 15) is 13.2 Å². The minimum Gasteiger partial charge on any atom is -0.469 e. The maximum absolute atomic E-state index is 11.8. The standard InChI is InChI=1S/C15H28N4O4S.HI/c1-12-10-19(11-13(12)14(20)23-3)15(16-2)17-4-5-18-6-8-24(21,22)9-7-18;/h12-13H,4-11H2,1-3H3,(H,16,17);1H. The zero-order chi connectivity index (χ0) is 17.7. The normalized spacial score (nSPS) is 26.8. The Hall–Kier alpha value is -0.620. The molecule has 0 aromatic heterocycles. The fourth-order valence-corrected chi connectivity index (χ4v) is 4.51. The molecule has 0 saturated carbocycles. The molecule has 2 aliphatic heterocycles. The molecule has 10 heteroatoms. The molecule has 0 bridgehead atoms. The number of likely N-dealkylation sites (tertiary alicyclic amines) is 1. The first-order chi connectivity index (χ1) is 11.4. The Balaban J connectivity index is 0.00000312. The highest BCUT2D eigenvalue weighted by molar-refractivity contribution is 14.0. The number of nitrogens with zero attached hydrogens (tertiary/aromatic N) is 3. The van der Waals surface area contributed by atoms with Crippen molar-refractivity contribution < 1.29 is 17.9 Å². The monoisotopic (exact) mass is 488 g/mol. The summed E-state index contributed by atoms with van der Waals surface area (Å²) in [7, 11) is 0.313. The molecule has 2 unspecified atom stereocenters. The second kappa shape index (κ2) is 9.91. The summed E-state index contributed by atoms with van der Waals surface area (Å²) in [5.41, 5.74) is 0. The van der Waals surface area contributed by atoms with E-state index in [2.05, 4.69) is 20.1 Å². The number of methoxy groups -OCH3 is 1. The second-order valence-electron chi connectivity index (χ2n) is 6.48. The van der Waals surface area contributed by atoms with Crippen LogP contribution < -0.4 is 5.32 Å². The molecule has 0 radical (unpaired) electrons. The quantitative estimate of drug-likeness (QED) is 0.251. The van der Waals surface area contributed by atoms with Gasteiger partial charge in [0, 0.05) is 46.3 Å². The summed E-state index contributed by atoms with van der Waals surface area (Å²) in [4.78, 5) is 20.3. The topological polar surface area (TPSA) is 91.3 Å². The molecule has 2 atom stereocenters. The van der Waals surface area contributed by atoms with Crippen LogP contribution in [0.25, 0.3) is 0 Å². The summed E-state index contributed by atoms with van der Waals surface area (Å²) < 4.78 is 27.7. The van der Waals surface area contributed by atoms with Gasteiger partial charge in [-0.1, -0.05) is 6.92 Å². The molecule has 0 aromatic carbocycles. The lowest BCUT2D eigenvalue weighted by Crippen LogP contribution is -2.46. The fourth-order valence-electron chi connectivity index (χ4n) is 3.23. The molecule has 2 rings (SSSR count). The van der Waals surface area contributed by atoms with Gasteiger partial charge in [0.05, 0.1) is 24.5 Å². The van der Waals surface area contributed by atoms with Gasteiger partial charge in [0.15, 0.2) is 15.8 Å². The number of hydrogen-bond donors (Lipinski definition) is 1. The van der Waals surface area contributed by atoms with Gasteiger partial charge in [0.2, 0.25) is 0 Å². The number of carbonyl (C=O) groups excluding carboxylic acids is 1. The van der Waals surface area contributed by atoms with Crippen LogP contribution in [0, 0.1) is 11.8 Å². The fraction of sp³-hybridized carbons (Fsp3) is 0.867. The van der Waals surface area contributed by atoms with Crippen molar-refractivity contribution in [1.82, 2.24) is 15.1 Å². The number of halogens is 1. The summed E-state index contributed by atoms with van der Waals surface area (Å²) in [6.45, 7) is 6.07. The van der Waals surface area contributed by atoms with Crippen molar-refractivity contribution in [3.8, 4) is 0 Å². The van der Waals surface area contributed by atoms with Crippen molar-refractivity contribution in [1.29, 1.82) is 0 Å².